The third-order valence-electron chi connectivity index (χ3n) is 6.01. The smallest absolute Gasteiger partial charge is 0.251 e. The number of nitrogens with one attached hydrogen (secondary N) is 4. The molecule has 0 bridgehead atoms. The van der Waals surface area contributed by atoms with E-state index in [0.717, 1.165) is 16.7 Å². The van der Waals surface area contributed by atoms with Gasteiger partial charge < -0.3 is 21.3 Å². The Kier molecular flexibility index (Phi) is 11.0. The molecular weight excluding hydrogens is 504 g/mol. The lowest BCUT2D eigenvalue weighted by atomic mass is 9.99. The molecule has 0 saturated heterocycles. The van der Waals surface area contributed by atoms with Crippen molar-refractivity contribution in [2.24, 2.45) is 0 Å². The molecule has 1 atom stereocenters. The predicted octanol–water partition coefficient (Wildman–Crippen LogP) is 3.62. The molecule has 4 amide bonds. The highest BCUT2D eigenvalue weighted by Gasteiger charge is 2.25. The summed E-state index contributed by atoms with van der Waals surface area (Å²) in [7, 11) is 0. The summed E-state index contributed by atoms with van der Waals surface area (Å²) in [4.78, 5) is 51.1. The van der Waals surface area contributed by atoms with Crippen LogP contribution in [0.2, 0.25) is 0 Å². The van der Waals surface area contributed by atoms with Crippen LogP contribution in [-0.2, 0) is 20.8 Å². The summed E-state index contributed by atoms with van der Waals surface area (Å²) >= 11 is 0. The molecular formula is C32H38N4O4. The fourth-order valence-corrected chi connectivity index (χ4v) is 4.16. The lowest BCUT2D eigenvalue weighted by molar-refractivity contribution is -0.132. The molecule has 0 fully saturated rings. The highest BCUT2D eigenvalue weighted by atomic mass is 16.2. The molecule has 40 heavy (non-hydrogen) atoms. The van der Waals surface area contributed by atoms with Crippen LogP contribution in [0.5, 0.6) is 0 Å². The zero-order valence-electron chi connectivity index (χ0n) is 23.3. The fourth-order valence-electron chi connectivity index (χ4n) is 4.16. The lowest BCUT2D eigenvalue weighted by Gasteiger charge is -2.23. The Morgan fingerprint density at radius 2 is 1.32 bits per heavy atom. The Hall–Kier alpha value is -4.46. The highest BCUT2D eigenvalue weighted by molar-refractivity contribution is 6.01. The standard InChI is InChI=1S/C32H38N4O4/c1-32(2,3)36-29(38)22-27(35-28(37)19-18-23-12-6-4-7-13-23)31(40)34-21-20-33-30(39)26-17-11-10-16-25(26)24-14-8-5-9-15-24/h4-17,27H,18-22H2,1-3H3,(H,33,39)(H,34,40)(H,35,37)(H,36,38)/t27-/m0/s1. The molecule has 3 aromatic carbocycles. The van der Waals surface area contributed by atoms with Gasteiger partial charge in [0.15, 0.2) is 0 Å². The number of rotatable bonds is 12. The normalized spacial score (nSPS) is 11.7. The topological polar surface area (TPSA) is 116 Å². The van der Waals surface area contributed by atoms with Crippen molar-refractivity contribution in [3.8, 4) is 11.1 Å². The van der Waals surface area contributed by atoms with E-state index in [1.165, 1.54) is 0 Å². The maximum absolute atomic E-state index is 13.0. The highest BCUT2D eigenvalue weighted by Crippen LogP contribution is 2.23. The van der Waals surface area contributed by atoms with Crippen LogP contribution in [0.4, 0.5) is 0 Å². The van der Waals surface area contributed by atoms with Crippen LogP contribution >= 0.6 is 0 Å². The van der Waals surface area contributed by atoms with Gasteiger partial charge in [-0.3, -0.25) is 19.2 Å². The minimum absolute atomic E-state index is 0.134. The second-order valence-electron chi connectivity index (χ2n) is 10.6. The number of hydrogen-bond donors (Lipinski definition) is 4. The van der Waals surface area contributed by atoms with E-state index in [9.17, 15) is 19.2 Å². The van der Waals surface area contributed by atoms with Crippen LogP contribution in [0.25, 0.3) is 11.1 Å². The molecule has 8 heteroatoms. The van der Waals surface area contributed by atoms with Crippen LogP contribution in [0.3, 0.4) is 0 Å². The Bertz CT molecular complexity index is 1290. The quantitative estimate of drug-likeness (QED) is 0.262. The predicted molar refractivity (Wildman–Crippen MR) is 156 cm³/mol. The molecule has 210 valence electrons. The van der Waals surface area contributed by atoms with E-state index in [1.54, 1.807) is 12.1 Å². The Morgan fingerprint density at radius 3 is 2.00 bits per heavy atom. The fraction of sp³-hybridized carbons (Fsp3) is 0.312. The molecule has 0 saturated carbocycles. The van der Waals surface area contributed by atoms with Crippen molar-refractivity contribution >= 4 is 23.6 Å². The summed E-state index contributed by atoms with van der Waals surface area (Å²) in [6.45, 7) is 5.84. The molecule has 0 unspecified atom stereocenters. The van der Waals surface area contributed by atoms with E-state index in [4.69, 9.17) is 0 Å². The summed E-state index contributed by atoms with van der Waals surface area (Å²) in [5.74, 6) is -1.42. The average Bonchev–Trinajstić information content (AvgIpc) is 2.93. The Morgan fingerprint density at radius 1 is 0.725 bits per heavy atom. The van der Waals surface area contributed by atoms with Gasteiger partial charge in [-0.25, -0.2) is 0 Å². The number of carbonyl (C=O) groups excluding carboxylic acids is 4. The average molecular weight is 543 g/mol. The summed E-state index contributed by atoms with van der Waals surface area (Å²) in [6.07, 6.45) is 0.508. The largest absolute Gasteiger partial charge is 0.353 e. The van der Waals surface area contributed by atoms with Crippen LogP contribution in [0, 0.1) is 0 Å². The van der Waals surface area contributed by atoms with Gasteiger partial charge in [-0.1, -0.05) is 78.9 Å². The first-order valence-corrected chi connectivity index (χ1v) is 13.5. The van der Waals surface area contributed by atoms with E-state index >= 15 is 0 Å². The number of carbonyl (C=O) groups is 4. The Balaban J connectivity index is 1.55. The van der Waals surface area contributed by atoms with Gasteiger partial charge in [0.1, 0.15) is 6.04 Å². The summed E-state index contributed by atoms with van der Waals surface area (Å²) < 4.78 is 0. The Labute approximate surface area is 236 Å². The summed E-state index contributed by atoms with van der Waals surface area (Å²) in [5, 5.41) is 11.1. The van der Waals surface area contributed by atoms with Crippen molar-refractivity contribution in [1.29, 1.82) is 0 Å². The molecule has 0 heterocycles. The van der Waals surface area contributed by atoms with Gasteiger partial charge in [0.05, 0.1) is 6.42 Å². The van der Waals surface area contributed by atoms with E-state index in [2.05, 4.69) is 21.3 Å². The van der Waals surface area contributed by atoms with E-state index in [-0.39, 0.29) is 43.7 Å². The van der Waals surface area contributed by atoms with Crippen LogP contribution in [0.15, 0.2) is 84.9 Å². The number of hydrogen-bond acceptors (Lipinski definition) is 4. The first-order valence-electron chi connectivity index (χ1n) is 13.5. The van der Waals surface area contributed by atoms with Gasteiger partial charge in [0.25, 0.3) is 5.91 Å². The number of benzene rings is 3. The van der Waals surface area contributed by atoms with Crippen LogP contribution < -0.4 is 21.3 Å². The molecule has 0 aliphatic carbocycles. The summed E-state index contributed by atoms with van der Waals surface area (Å²) in [6, 6.07) is 25.5. The van der Waals surface area contributed by atoms with Gasteiger partial charge in [-0.2, -0.15) is 0 Å². The molecule has 3 rings (SSSR count). The van der Waals surface area contributed by atoms with Gasteiger partial charge in [0, 0.05) is 30.6 Å². The molecule has 0 radical (unpaired) electrons. The van der Waals surface area contributed by atoms with Crippen LogP contribution in [-0.4, -0.2) is 48.3 Å². The monoisotopic (exact) mass is 542 g/mol. The van der Waals surface area contributed by atoms with Gasteiger partial charge in [-0.05, 0) is 49.9 Å². The van der Waals surface area contributed by atoms with Gasteiger partial charge >= 0.3 is 0 Å². The molecule has 0 aliphatic heterocycles. The van der Waals surface area contributed by atoms with Crippen molar-refractivity contribution in [1.82, 2.24) is 21.3 Å². The van der Waals surface area contributed by atoms with E-state index in [0.29, 0.717) is 12.0 Å². The SMILES string of the molecule is CC(C)(C)NC(=O)C[C@H](NC(=O)CCc1ccccc1)C(=O)NCCNC(=O)c1ccccc1-c1ccccc1. The molecule has 0 aliphatic rings. The van der Waals surface area contributed by atoms with Crippen molar-refractivity contribution in [2.45, 2.75) is 51.6 Å². The molecule has 0 aromatic heterocycles. The molecule has 3 aromatic rings. The first-order chi connectivity index (χ1) is 19.1. The molecule has 0 spiro atoms. The molecule has 8 nitrogen and oxygen atoms in total. The zero-order chi connectivity index (χ0) is 29.0. The lowest BCUT2D eigenvalue weighted by Crippen LogP contribution is -2.51. The third-order valence-corrected chi connectivity index (χ3v) is 6.01. The zero-order valence-corrected chi connectivity index (χ0v) is 23.3. The second kappa shape index (κ2) is 14.6. The third kappa shape index (κ3) is 10.0. The van der Waals surface area contributed by atoms with Gasteiger partial charge in [0.2, 0.25) is 17.7 Å². The van der Waals surface area contributed by atoms with Crippen LogP contribution in [0.1, 0.15) is 49.5 Å². The van der Waals surface area contributed by atoms with Crippen molar-refractivity contribution in [3.63, 3.8) is 0 Å². The minimum Gasteiger partial charge on any atom is -0.353 e. The first kappa shape index (κ1) is 30.1. The minimum atomic E-state index is -1.04. The van der Waals surface area contributed by atoms with Crippen molar-refractivity contribution in [2.75, 3.05) is 13.1 Å². The summed E-state index contributed by atoms with van der Waals surface area (Å²) in [5.41, 5.74) is 2.81. The number of aryl methyl sites for hydroxylation is 1. The maximum atomic E-state index is 13.0. The second-order valence-corrected chi connectivity index (χ2v) is 10.6. The van der Waals surface area contributed by atoms with Gasteiger partial charge in [-0.15, -0.1) is 0 Å². The van der Waals surface area contributed by atoms with Crippen molar-refractivity contribution < 1.29 is 19.2 Å². The maximum Gasteiger partial charge on any atom is 0.251 e. The van der Waals surface area contributed by atoms with E-state index in [1.807, 2.05) is 93.6 Å². The number of amides is 4. The molecule has 4 N–H and O–H groups in total. The van der Waals surface area contributed by atoms with E-state index < -0.39 is 17.5 Å². The van der Waals surface area contributed by atoms with Crippen molar-refractivity contribution in [3.05, 3.63) is 96.1 Å².